The summed E-state index contributed by atoms with van der Waals surface area (Å²) >= 11 is 0. The van der Waals surface area contributed by atoms with Gasteiger partial charge >= 0.3 is 0 Å². The number of pyridine rings is 1. The molecule has 17 heavy (non-hydrogen) atoms. The van der Waals surface area contributed by atoms with Crippen molar-refractivity contribution in [3.05, 3.63) is 59.9 Å². The molecule has 3 rings (SSSR count). The molecule has 1 aromatic heterocycles. The van der Waals surface area contributed by atoms with E-state index in [0.717, 1.165) is 35.6 Å². The van der Waals surface area contributed by atoms with Crippen LogP contribution in [0.5, 0.6) is 0 Å². The molecule has 0 radical (unpaired) electrons. The predicted octanol–water partition coefficient (Wildman–Crippen LogP) is 2.34. The molecule has 0 aliphatic carbocycles. The number of aromatic nitrogens is 1. The van der Waals surface area contributed by atoms with Crippen LogP contribution in [0.25, 0.3) is 0 Å². The zero-order valence-corrected chi connectivity index (χ0v) is 9.43. The first-order valence-electron chi connectivity index (χ1n) is 5.73. The van der Waals surface area contributed by atoms with Crippen LogP contribution in [0, 0.1) is 0 Å². The molecule has 2 aromatic rings. The van der Waals surface area contributed by atoms with Crippen molar-refractivity contribution in [2.75, 3.05) is 18.4 Å². The maximum absolute atomic E-state index is 4.65. The Hall–Kier alpha value is -2.16. The second-order valence-corrected chi connectivity index (χ2v) is 3.94. The Morgan fingerprint density at radius 1 is 1.06 bits per heavy atom. The van der Waals surface area contributed by atoms with Gasteiger partial charge in [0, 0.05) is 35.8 Å². The van der Waals surface area contributed by atoms with Crippen LogP contribution in [0.15, 0.2) is 53.8 Å². The van der Waals surface area contributed by atoms with Crippen molar-refractivity contribution in [2.45, 2.75) is 0 Å². The van der Waals surface area contributed by atoms with E-state index in [0.29, 0.717) is 0 Å². The van der Waals surface area contributed by atoms with Gasteiger partial charge in [-0.3, -0.25) is 9.98 Å². The fourth-order valence-electron chi connectivity index (χ4n) is 2.02. The minimum Gasteiger partial charge on any atom is -0.383 e. The lowest BCUT2D eigenvalue weighted by molar-refractivity contribution is 1.03. The Labute approximate surface area is 100 Å². The molecule has 1 aliphatic rings. The number of rotatable bonds is 1. The maximum Gasteiger partial charge on any atom is 0.0756 e. The van der Waals surface area contributed by atoms with Gasteiger partial charge in [-0.2, -0.15) is 0 Å². The number of hydrogen-bond acceptors (Lipinski definition) is 3. The minimum atomic E-state index is 0.791. The van der Waals surface area contributed by atoms with Gasteiger partial charge in [0.1, 0.15) is 0 Å². The summed E-state index contributed by atoms with van der Waals surface area (Å²) in [5, 5.41) is 3.37. The molecule has 0 spiro atoms. The number of aliphatic imine (C=N–C) groups is 1. The van der Waals surface area contributed by atoms with Crippen LogP contribution in [0.2, 0.25) is 0 Å². The Morgan fingerprint density at radius 3 is 2.82 bits per heavy atom. The normalized spacial score (nSPS) is 14.2. The second-order valence-electron chi connectivity index (χ2n) is 3.94. The third-order valence-corrected chi connectivity index (χ3v) is 2.82. The highest BCUT2D eigenvalue weighted by Gasteiger charge is 2.13. The Bertz CT molecular complexity index is 546. The van der Waals surface area contributed by atoms with E-state index in [9.17, 15) is 0 Å². The number of anilines is 1. The molecule has 1 aliphatic heterocycles. The van der Waals surface area contributed by atoms with Crippen LogP contribution in [0.1, 0.15) is 11.1 Å². The zero-order valence-electron chi connectivity index (χ0n) is 9.43. The Morgan fingerprint density at radius 2 is 1.94 bits per heavy atom. The standard InChI is InChI=1S/C14H13N3/c1-2-4-11(5-3-1)14-12-10-15-7-6-13(12)16-8-9-17-14/h1-7,10,16H,8-9H2. The zero-order chi connectivity index (χ0) is 11.5. The van der Waals surface area contributed by atoms with Gasteiger partial charge in [0.2, 0.25) is 0 Å². The maximum atomic E-state index is 4.65. The molecule has 1 aromatic carbocycles. The van der Waals surface area contributed by atoms with E-state index in [1.165, 1.54) is 0 Å². The van der Waals surface area contributed by atoms with E-state index >= 15 is 0 Å². The van der Waals surface area contributed by atoms with Crippen molar-refractivity contribution >= 4 is 11.4 Å². The predicted molar refractivity (Wildman–Crippen MR) is 69.7 cm³/mol. The van der Waals surface area contributed by atoms with Crippen molar-refractivity contribution in [1.29, 1.82) is 0 Å². The van der Waals surface area contributed by atoms with Gasteiger partial charge in [0.05, 0.1) is 12.3 Å². The lowest BCUT2D eigenvalue weighted by Crippen LogP contribution is -2.05. The van der Waals surface area contributed by atoms with Gasteiger partial charge in [-0.25, -0.2) is 0 Å². The lowest BCUT2D eigenvalue weighted by atomic mass is 10.0. The van der Waals surface area contributed by atoms with Crippen LogP contribution in [0.4, 0.5) is 5.69 Å². The van der Waals surface area contributed by atoms with E-state index in [1.54, 1.807) is 6.20 Å². The fraction of sp³-hybridized carbons (Fsp3) is 0.143. The molecule has 2 heterocycles. The lowest BCUT2D eigenvalue weighted by Gasteiger charge is -2.09. The van der Waals surface area contributed by atoms with Crippen molar-refractivity contribution in [1.82, 2.24) is 4.98 Å². The molecular weight excluding hydrogens is 210 g/mol. The topological polar surface area (TPSA) is 37.3 Å². The fourth-order valence-corrected chi connectivity index (χ4v) is 2.02. The first-order valence-corrected chi connectivity index (χ1v) is 5.73. The summed E-state index contributed by atoms with van der Waals surface area (Å²) in [5.74, 6) is 0. The summed E-state index contributed by atoms with van der Waals surface area (Å²) in [6, 6.07) is 12.3. The van der Waals surface area contributed by atoms with E-state index in [1.807, 2.05) is 30.5 Å². The number of benzene rings is 1. The Kier molecular flexibility index (Phi) is 2.58. The smallest absolute Gasteiger partial charge is 0.0756 e. The highest BCUT2D eigenvalue weighted by atomic mass is 14.9. The summed E-state index contributed by atoms with van der Waals surface area (Å²) in [7, 11) is 0. The number of nitrogens with one attached hydrogen (secondary N) is 1. The van der Waals surface area contributed by atoms with Crippen LogP contribution in [-0.2, 0) is 0 Å². The van der Waals surface area contributed by atoms with Crippen molar-refractivity contribution in [3.63, 3.8) is 0 Å². The Balaban J connectivity index is 2.14. The summed E-state index contributed by atoms with van der Waals surface area (Å²) in [5.41, 5.74) is 4.36. The quantitative estimate of drug-likeness (QED) is 0.805. The van der Waals surface area contributed by atoms with E-state index < -0.39 is 0 Å². The van der Waals surface area contributed by atoms with E-state index in [2.05, 4.69) is 27.4 Å². The molecule has 0 unspecified atom stereocenters. The monoisotopic (exact) mass is 223 g/mol. The highest BCUT2D eigenvalue weighted by Crippen LogP contribution is 2.20. The molecule has 1 N–H and O–H groups in total. The molecule has 0 saturated carbocycles. The first kappa shape index (κ1) is 10.0. The third kappa shape index (κ3) is 1.91. The van der Waals surface area contributed by atoms with Crippen LogP contribution < -0.4 is 5.32 Å². The number of nitrogens with zero attached hydrogens (tertiary/aromatic N) is 2. The van der Waals surface area contributed by atoms with Crippen LogP contribution in [0.3, 0.4) is 0 Å². The average molecular weight is 223 g/mol. The molecule has 0 fully saturated rings. The largest absolute Gasteiger partial charge is 0.383 e. The van der Waals surface area contributed by atoms with Gasteiger partial charge in [0.15, 0.2) is 0 Å². The number of fused-ring (bicyclic) bond motifs is 1. The van der Waals surface area contributed by atoms with Crippen LogP contribution in [-0.4, -0.2) is 23.8 Å². The first-order chi connectivity index (χ1) is 8.45. The van der Waals surface area contributed by atoms with Crippen LogP contribution >= 0.6 is 0 Å². The van der Waals surface area contributed by atoms with E-state index in [4.69, 9.17) is 0 Å². The van der Waals surface area contributed by atoms with E-state index in [-0.39, 0.29) is 0 Å². The van der Waals surface area contributed by atoms with Crippen molar-refractivity contribution in [2.24, 2.45) is 4.99 Å². The molecule has 3 nitrogen and oxygen atoms in total. The van der Waals surface area contributed by atoms with Gasteiger partial charge in [-0.1, -0.05) is 30.3 Å². The number of hydrogen-bond donors (Lipinski definition) is 1. The molecule has 0 saturated heterocycles. The summed E-state index contributed by atoms with van der Waals surface area (Å²) in [4.78, 5) is 8.84. The van der Waals surface area contributed by atoms with Crippen molar-refractivity contribution < 1.29 is 0 Å². The third-order valence-electron chi connectivity index (χ3n) is 2.82. The summed E-state index contributed by atoms with van der Waals surface area (Å²) in [6.45, 7) is 1.66. The molecule has 0 amide bonds. The SMILES string of the molecule is c1ccc(C2=NCCNc3ccncc32)cc1. The molecule has 0 bridgehead atoms. The minimum absolute atomic E-state index is 0.791. The molecule has 0 atom stereocenters. The summed E-state index contributed by atoms with van der Waals surface area (Å²) in [6.07, 6.45) is 3.68. The molecular formula is C14H13N3. The molecule has 84 valence electrons. The average Bonchev–Trinajstić information content (AvgIpc) is 2.62. The summed E-state index contributed by atoms with van der Waals surface area (Å²) < 4.78 is 0. The van der Waals surface area contributed by atoms with Gasteiger partial charge < -0.3 is 5.32 Å². The highest BCUT2D eigenvalue weighted by molar-refractivity contribution is 6.16. The van der Waals surface area contributed by atoms with Gasteiger partial charge in [-0.15, -0.1) is 0 Å². The van der Waals surface area contributed by atoms with Gasteiger partial charge in [0.25, 0.3) is 0 Å². The second kappa shape index (κ2) is 4.37. The van der Waals surface area contributed by atoms with Gasteiger partial charge in [-0.05, 0) is 6.07 Å². The van der Waals surface area contributed by atoms with Crippen molar-refractivity contribution in [3.8, 4) is 0 Å². The molecule has 3 heteroatoms.